The van der Waals surface area contributed by atoms with Crippen LogP contribution < -0.4 is 0 Å². The van der Waals surface area contributed by atoms with Gasteiger partial charge < -0.3 is 15.3 Å². The van der Waals surface area contributed by atoms with Gasteiger partial charge in [0.1, 0.15) is 0 Å². The van der Waals surface area contributed by atoms with Crippen LogP contribution in [-0.4, -0.2) is 45.4 Å². The highest BCUT2D eigenvalue weighted by molar-refractivity contribution is 7.96. The summed E-state index contributed by atoms with van der Waals surface area (Å²) >= 11 is 8.42. The Kier molecular flexibility index (Phi) is 31.0. The number of carbonyl (C=O) groups is 2. The fourth-order valence-electron chi connectivity index (χ4n) is 7.02. The van der Waals surface area contributed by atoms with Gasteiger partial charge in [-0.05, 0) is 30.1 Å². The Morgan fingerprint density at radius 1 is 0.512 bits per heavy atom. The lowest BCUT2D eigenvalue weighted by Gasteiger charge is -2.53. The van der Waals surface area contributed by atoms with Crippen LogP contribution in [0.4, 0.5) is 0 Å². The van der Waals surface area contributed by atoms with Crippen molar-refractivity contribution in [1.82, 2.24) is 0 Å². The molecular formula is C36H74O5S2. The van der Waals surface area contributed by atoms with Crippen LogP contribution in [0, 0.1) is 22.7 Å². The van der Waals surface area contributed by atoms with E-state index < -0.39 is 5.60 Å². The highest BCUT2D eigenvalue weighted by Gasteiger charge is 2.53. The van der Waals surface area contributed by atoms with Gasteiger partial charge in [0.05, 0.1) is 5.60 Å². The summed E-state index contributed by atoms with van der Waals surface area (Å²) in [4.78, 5) is 25.0. The molecule has 43 heavy (non-hydrogen) atoms. The molecule has 0 rings (SSSR count). The van der Waals surface area contributed by atoms with E-state index >= 15 is 0 Å². The highest BCUT2D eigenvalue weighted by atomic mass is 32.1. The van der Waals surface area contributed by atoms with E-state index in [4.69, 9.17) is 10.2 Å². The normalized spacial score (nSPS) is 14.5. The Morgan fingerprint density at radius 3 is 1.05 bits per heavy atom. The molecule has 0 aromatic rings. The SMILES string of the molecule is CCCCCCCCCC(C)(C)C(CC(=O)S)C(O)(CCC)C(CC(=O)S)C(C)(C)CCCCCCCCC.CO.CO. The Bertz CT molecular complexity index is 616. The van der Waals surface area contributed by atoms with Crippen LogP contribution in [-0.2, 0) is 9.59 Å². The summed E-state index contributed by atoms with van der Waals surface area (Å²) in [7, 11) is 2.00. The fraction of sp³-hybridized carbons (Fsp3) is 0.944. The zero-order chi connectivity index (χ0) is 34.0. The molecule has 0 saturated heterocycles. The van der Waals surface area contributed by atoms with Gasteiger partial charge in [-0.25, -0.2) is 0 Å². The predicted octanol–water partition coefficient (Wildman–Crippen LogP) is 9.99. The van der Waals surface area contributed by atoms with Crippen molar-refractivity contribution in [3.05, 3.63) is 0 Å². The number of aliphatic hydroxyl groups is 3. The zero-order valence-electron chi connectivity index (χ0n) is 29.8. The molecule has 0 amide bonds. The van der Waals surface area contributed by atoms with Crippen LogP contribution in [0.5, 0.6) is 0 Å². The average Bonchev–Trinajstić information content (AvgIpc) is 2.95. The second kappa shape index (κ2) is 28.2. The Balaban J connectivity index is -0.00000382. The van der Waals surface area contributed by atoms with Gasteiger partial charge >= 0.3 is 0 Å². The number of carbonyl (C=O) groups excluding carboxylic acids is 2. The number of thiol groups is 2. The van der Waals surface area contributed by atoms with Gasteiger partial charge in [0.25, 0.3) is 0 Å². The lowest BCUT2D eigenvalue weighted by molar-refractivity contribution is -0.159. The summed E-state index contributed by atoms with van der Waals surface area (Å²) in [6, 6.07) is 0. The van der Waals surface area contributed by atoms with Gasteiger partial charge in [-0.15, -0.1) is 25.3 Å². The summed E-state index contributed by atoms with van der Waals surface area (Å²) < 4.78 is 0. The molecule has 0 fully saturated rings. The minimum atomic E-state index is -1.14. The molecule has 0 saturated carbocycles. The Morgan fingerprint density at radius 2 is 0.791 bits per heavy atom. The molecule has 2 unspecified atom stereocenters. The molecule has 2 atom stereocenters. The topological polar surface area (TPSA) is 94.8 Å². The van der Waals surface area contributed by atoms with E-state index in [1.54, 1.807) is 0 Å². The van der Waals surface area contributed by atoms with E-state index in [9.17, 15) is 14.7 Å². The van der Waals surface area contributed by atoms with Gasteiger partial charge in [0.15, 0.2) is 10.2 Å². The first kappa shape index (κ1) is 47.3. The Hall–Kier alpha value is -0.0800. The summed E-state index contributed by atoms with van der Waals surface area (Å²) in [5.74, 6) is -0.526. The minimum absolute atomic E-state index is 0.178. The third-order valence-corrected chi connectivity index (χ3v) is 9.72. The van der Waals surface area contributed by atoms with Crippen LogP contribution in [0.3, 0.4) is 0 Å². The number of hydrogen-bond donors (Lipinski definition) is 5. The standard InChI is InChI=1S/C34H66O3S2.2CH4O/c1-8-11-13-15-17-19-21-24-32(4,5)28(26-30(35)38)34(37,23-10-3)29(27-31(36)39)33(6,7)25-22-20-18-16-14-12-9-2;2*1-2/h28-29,37H,8-27H2,1-7H3,(H,35,38)(H,36,39);2*2H,1H3. The van der Waals surface area contributed by atoms with Crippen LogP contribution in [0.15, 0.2) is 0 Å². The predicted molar refractivity (Wildman–Crippen MR) is 193 cm³/mol. The number of rotatable bonds is 26. The molecule has 7 heteroatoms. The van der Waals surface area contributed by atoms with Crippen molar-refractivity contribution in [2.24, 2.45) is 22.7 Å². The highest BCUT2D eigenvalue weighted by Crippen LogP contribution is 2.53. The fourth-order valence-corrected chi connectivity index (χ4v) is 7.39. The first-order valence-corrected chi connectivity index (χ1v) is 18.2. The molecule has 0 bridgehead atoms. The lowest BCUT2D eigenvalue weighted by atomic mass is 9.54. The van der Waals surface area contributed by atoms with Crippen molar-refractivity contribution in [3.63, 3.8) is 0 Å². The van der Waals surface area contributed by atoms with E-state index in [2.05, 4.69) is 73.7 Å². The number of hydrogen-bond acceptors (Lipinski definition) is 5. The molecule has 0 spiro atoms. The van der Waals surface area contributed by atoms with E-state index in [-0.39, 0.29) is 45.7 Å². The summed E-state index contributed by atoms with van der Waals surface area (Å²) in [6.07, 6.45) is 21.1. The zero-order valence-corrected chi connectivity index (χ0v) is 31.6. The van der Waals surface area contributed by atoms with Gasteiger partial charge in [0.2, 0.25) is 0 Å². The Labute approximate surface area is 279 Å². The monoisotopic (exact) mass is 650 g/mol. The second-order valence-electron chi connectivity index (χ2n) is 13.8. The third kappa shape index (κ3) is 21.4. The number of aliphatic hydroxyl groups excluding tert-OH is 2. The van der Waals surface area contributed by atoms with Crippen LogP contribution in [0.1, 0.15) is 177 Å². The van der Waals surface area contributed by atoms with Gasteiger partial charge in [-0.1, -0.05) is 145 Å². The summed E-state index contributed by atoms with van der Waals surface area (Å²) in [5, 5.41) is 26.4. The maximum Gasteiger partial charge on any atom is 0.186 e. The molecule has 3 N–H and O–H groups in total. The van der Waals surface area contributed by atoms with Crippen molar-refractivity contribution < 1.29 is 24.9 Å². The molecule has 0 aromatic carbocycles. The maximum atomic E-state index is 12.7. The van der Waals surface area contributed by atoms with Gasteiger partial charge in [-0.2, -0.15) is 0 Å². The minimum Gasteiger partial charge on any atom is -0.400 e. The van der Waals surface area contributed by atoms with Crippen LogP contribution in [0.2, 0.25) is 0 Å². The second-order valence-corrected chi connectivity index (χ2v) is 14.8. The first-order valence-electron chi connectivity index (χ1n) is 17.3. The molecule has 0 aliphatic rings. The van der Waals surface area contributed by atoms with E-state index in [0.29, 0.717) is 6.42 Å². The lowest BCUT2D eigenvalue weighted by Crippen LogP contribution is -2.56. The van der Waals surface area contributed by atoms with Gasteiger partial charge in [0, 0.05) is 38.9 Å². The summed E-state index contributed by atoms with van der Waals surface area (Å²) in [5.41, 5.74) is -1.64. The van der Waals surface area contributed by atoms with Crippen molar-refractivity contribution in [2.75, 3.05) is 14.2 Å². The van der Waals surface area contributed by atoms with Crippen LogP contribution in [0.25, 0.3) is 0 Å². The van der Waals surface area contributed by atoms with E-state index in [1.807, 2.05) is 0 Å². The molecule has 5 nitrogen and oxygen atoms in total. The van der Waals surface area contributed by atoms with Crippen LogP contribution >= 0.6 is 25.3 Å². The molecule has 0 aliphatic carbocycles. The van der Waals surface area contributed by atoms with E-state index in [0.717, 1.165) is 46.3 Å². The summed E-state index contributed by atoms with van der Waals surface area (Å²) in [6.45, 7) is 15.4. The van der Waals surface area contributed by atoms with Crippen molar-refractivity contribution >= 4 is 35.5 Å². The molecule has 0 heterocycles. The quantitative estimate of drug-likeness (QED) is 0.0474. The maximum absolute atomic E-state index is 12.7. The third-order valence-electron chi connectivity index (χ3n) is 9.35. The average molecular weight is 651 g/mol. The molecule has 0 aromatic heterocycles. The first-order chi connectivity index (χ1) is 20.3. The van der Waals surface area contributed by atoms with Crippen molar-refractivity contribution in [3.8, 4) is 0 Å². The van der Waals surface area contributed by atoms with E-state index in [1.165, 1.54) is 77.0 Å². The molecule has 0 radical (unpaired) electrons. The largest absolute Gasteiger partial charge is 0.400 e. The number of unbranched alkanes of at least 4 members (excludes halogenated alkanes) is 12. The molecular weight excluding hydrogens is 577 g/mol. The van der Waals surface area contributed by atoms with Crippen molar-refractivity contribution in [1.29, 1.82) is 0 Å². The van der Waals surface area contributed by atoms with Crippen molar-refractivity contribution in [2.45, 2.75) is 182 Å². The smallest absolute Gasteiger partial charge is 0.186 e. The molecule has 0 aliphatic heterocycles. The molecule has 260 valence electrons. The van der Waals surface area contributed by atoms with Gasteiger partial charge in [-0.3, -0.25) is 9.59 Å².